The van der Waals surface area contributed by atoms with Crippen LogP contribution in [0.5, 0.6) is 0 Å². The maximum atomic E-state index is 12.5. The molecule has 3 saturated heterocycles. The Morgan fingerprint density at radius 2 is 1.81 bits per heavy atom. The first kappa shape index (κ1) is 17.3. The average Bonchev–Trinajstić information content (AvgIpc) is 2.73. The molecule has 2 bridgehead atoms. The zero-order valence-corrected chi connectivity index (χ0v) is 15.6. The van der Waals surface area contributed by atoms with Crippen molar-refractivity contribution in [3.63, 3.8) is 0 Å². The lowest BCUT2D eigenvalue weighted by Gasteiger charge is -2.46. The Hall–Kier alpha value is -2.13. The number of rotatable bonds is 5. The van der Waals surface area contributed by atoms with Crippen LogP contribution in [0.25, 0.3) is 11.1 Å². The van der Waals surface area contributed by atoms with Crippen molar-refractivity contribution >= 4 is 5.91 Å². The van der Waals surface area contributed by atoms with Gasteiger partial charge in [0.1, 0.15) is 6.04 Å². The molecule has 0 aliphatic carbocycles. The van der Waals surface area contributed by atoms with Crippen molar-refractivity contribution in [1.82, 2.24) is 5.32 Å². The summed E-state index contributed by atoms with van der Waals surface area (Å²) in [6, 6.07) is 18.8. The molecule has 0 radical (unpaired) electrons. The first-order valence-electron chi connectivity index (χ1n) is 10.0. The fraction of sp³-hybridized carbons (Fsp3) is 0.435. The molecule has 3 aliphatic rings. The second-order valence-electron chi connectivity index (χ2n) is 7.92. The van der Waals surface area contributed by atoms with Crippen molar-refractivity contribution in [3.05, 3.63) is 60.2 Å². The Balaban J connectivity index is 1.34. The van der Waals surface area contributed by atoms with Crippen LogP contribution in [0.15, 0.2) is 54.6 Å². The number of carbonyl (C=O) groups is 1. The SMILES string of the molecule is CC[C@H]1C[NH+]2CC[C@H]1C[C@@H]2CNC(=O)c1ccc(-c2ccccc2)cc1. The van der Waals surface area contributed by atoms with Gasteiger partial charge in [0.25, 0.3) is 5.91 Å². The van der Waals surface area contributed by atoms with Crippen molar-refractivity contribution in [1.29, 1.82) is 0 Å². The first-order chi connectivity index (χ1) is 12.7. The van der Waals surface area contributed by atoms with Crippen molar-refractivity contribution in [3.8, 4) is 11.1 Å². The van der Waals surface area contributed by atoms with E-state index in [1.807, 2.05) is 42.5 Å². The number of hydrogen-bond donors (Lipinski definition) is 2. The normalized spacial score (nSPS) is 27.3. The van der Waals surface area contributed by atoms with Gasteiger partial charge in [-0.15, -0.1) is 0 Å². The van der Waals surface area contributed by atoms with E-state index in [0.29, 0.717) is 6.04 Å². The molecule has 3 heteroatoms. The number of nitrogens with one attached hydrogen (secondary N) is 2. The lowest BCUT2D eigenvalue weighted by Crippen LogP contribution is -3.20. The topological polar surface area (TPSA) is 33.5 Å². The Morgan fingerprint density at radius 1 is 1.08 bits per heavy atom. The third kappa shape index (κ3) is 3.54. The molecule has 136 valence electrons. The third-order valence-electron chi connectivity index (χ3n) is 6.48. The van der Waals surface area contributed by atoms with E-state index >= 15 is 0 Å². The van der Waals surface area contributed by atoms with Crippen LogP contribution in [0.3, 0.4) is 0 Å². The largest absolute Gasteiger partial charge is 0.346 e. The van der Waals surface area contributed by atoms with Gasteiger partial charge in [0.15, 0.2) is 0 Å². The standard InChI is InChI=1S/C23H28N2O/c1-2-17-16-25-13-12-21(17)14-22(25)15-24-23(26)20-10-8-19(9-11-20)18-6-4-3-5-7-18/h3-11,17,21-22H,2,12-16H2,1H3,(H,24,26)/p+1/t17-,21-,22+/m0/s1. The highest BCUT2D eigenvalue weighted by Gasteiger charge is 2.42. The van der Waals surface area contributed by atoms with E-state index in [-0.39, 0.29) is 5.91 Å². The smallest absolute Gasteiger partial charge is 0.251 e. The van der Waals surface area contributed by atoms with Gasteiger partial charge in [-0.2, -0.15) is 0 Å². The van der Waals surface area contributed by atoms with E-state index in [1.54, 1.807) is 4.90 Å². The molecule has 1 amide bonds. The van der Waals surface area contributed by atoms with Crippen LogP contribution >= 0.6 is 0 Å². The number of benzene rings is 2. The van der Waals surface area contributed by atoms with Crippen LogP contribution in [0.4, 0.5) is 0 Å². The van der Waals surface area contributed by atoms with E-state index in [0.717, 1.165) is 29.5 Å². The summed E-state index contributed by atoms with van der Waals surface area (Å²) in [5.41, 5.74) is 3.08. The van der Waals surface area contributed by atoms with Gasteiger partial charge in [0.05, 0.1) is 19.6 Å². The van der Waals surface area contributed by atoms with Crippen LogP contribution < -0.4 is 10.2 Å². The minimum Gasteiger partial charge on any atom is -0.346 e. The molecule has 3 heterocycles. The van der Waals surface area contributed by atoms with Gasteiger partial charge in [-0.25, -0.2) is 0 Å². The number of fused-ring (bicyclic) bond motifs is 3. The molecule has 26 heavy (non-hydrogen) atoms. The average molecular weight is 349 g/mol. The highest BCUT2D eigenvalue weighted by Crippen LogP contribution is 2.28. The van der Waals surface area contributed by atoms with Crippen molar-refractivity contribution in [2.24, 2.45) is 11.8 Å². The van der Waals surface area contributed by atoms with Crippen LogP contribution in [0.2, 0.25) is 0 Å². The number of quaternary nitrogens is 1. The number of hydrogen-bond acceptors (Lipinski definition) is 1. The fourth-order valence-electron chi connectivity index (χ4n) is 4.89. The van der Waals surface area contributed by atoms with E-state index < -0.39 is 0 Å². The Kier molecular flexibility index (Phi) is 5.07. The van der Waals surface area contributed by atoms with Gasteiger partial charge in [0.2, 0.25) is 0 Å². The highest BCUT2D eigenvalue weighted by molar-refractivity contribution is 5.94. The zero-order valence-electron chi connectivity index (χ0n) is 15.6. The van der Waals surface area contributed by atoms with E-state index in [2.05, 4.69) is 24.4 Å². The quantitative estimate of drug-likeness (QED) is 0.855. The minimum absolute atomic E-state index is 0.0544. The second-order valence-corrected chi connectivity index (χ2v) is 7.92. The molecule has 1 unspecified atom stereocenters. The van der Waals surface area contributed by atoms with E-state index in [9.17, 15) is 4.79 Å². The van der Waals surface area contributed by atoms with Crippen LogP contribution in [0, 0.1) is 11.8 Å². The van der Waals surface area contributed by atoms with E-state index in [1.165, 1.54) is 37.9 Å². The van der Waals surface area contributed by atoms with Gasteiger partial charge in [0, 0.05) is 24.3 Å². The summed E-state index contributed by atoms with van der Waals surface area (Å²) in [5.74, 6) is 1.83. The van der Waals surface area contributed by atoms with Gasteiger partial charge in [-0.1, -0.05) is 49.4 Å². The molecule has 2 aromatic carbocycles. The number of piperidine rings is 3. The van der Waals surface area contributed by atoms with Gasteiger partial charge in [-0.3, -0.25) is 4.79 Å². The summed E-state index contributed by atoms with van der Waals surface area (Å²) < 4.78 is 0. The van der Waals surface area contributed by atoms with Gasteiger partial charge >= 0.3 is 0 Å². The lowest BCUT2D eigenvalue weighted by atomic mass is 9.74. The summed E-state index contributed by atoms with van der Waals surface area (Å²) >= 11 is 0. The molecule has 4 atom stereocenters. The van der Waals surface area contributed by atoms with Gasteiger partial charge in [-0.05, 0) is 35.6 Å². The molecule has 2 N–H and O–H groups in total. The van der Waals surface area contributed by atoms with Crippen molar-refractivity contribution < 1.29 is 9.69 Å². The Labute approximate surface area is 156 Å². The second kappa shape index (κ2) is 7.63. The van der Waals surface area contributed by atoms with Crippen molar-refractivity contribution in [2.75, 3.05) is 19.6 Å². The molecule has 3 fully saturated rings. The molecule has 0 saturated carbocycles. The monoisotopic (exact) mass is 349 g/mol. The fourth-order valence-corrected chi connectivity index (χ4v) is 4.89. The predicted octanol–water partition coefficient (Wildman–Crippen LogP) is 2.79. The molecule has 0 spiro atoms. The summed E-state index contributed by atoms with van der Waals surface area (Å²) in [7, 11) is 0. The summed E-state index contributed by atoms with van der Waals surface area (Å²) in [4.78, 5) is 14.2. The maximum absolute atomic E-state index is 12.5. The zero-order chi connectivity index (χ0) is 17.9. The van der Waals surface area contributed by atoms with Crippen LogP contribution in [-0.2, 0) is 0 Å². The van der Waals surface area contributed by atoms with Crippen LogP contribution in [-0.4, -0.2) is 31.6 Å². The number of carbonyl (C=O) groups excluding carboxylic acids is 1. The maximum Gasteiger partial charge on any atom is 0.251 e. The van der Waals surface area contributed by atoms with Gasteiger partial charge < -0.3 is 10.2 Å². The summed E-state index contributed by atoms with van der Waals surface area (Å²) in [6.07, 6.45) is 3.96. The Morgan fingerprint density at radius 3 is 2.46 bits per heavy atom. The molecule has 0 aromatic heterocycles. The molecule has 2 aromatic rings. The number of amides is 1. The van der Waals surface area contributed by atoms with E-state index in [4.69, 9.17) is 0 Å². The molecule has 3 aliphatic heterocycles. The third-order valence-corrected chi connectivity index (χ3v) is 6.48. The molecular weight excluding hydrogens is 320 g/mol. The first-order valence-corrected chi connectivity index (χ1v) is 10.0. The predicted molar refractivity (Wildman–Crippen MR) is 105 cm³/mol. The summed E-state index contributed by atoms with van der Waals surface area (Å²) in [5, 5.41) is 3.19. The summed E-state index contributed by atoms with van der Waals surface area (Å²) in [6.45, 7) is 5.71. The van der Waals surface area contributed by atoms with Crippen LogP contribution in [0.1, 0.15) is 36.5 Å². The minimum atomic E-state index is 0.0544. The molecule has 5 rings (SSSR count). The van der Waals surface area contributed by atoms with Crippen molar-refractivity contribution in [2.45, 2.75) is 32.2 Å². The lowest BCUT2D eigenvalue weighted by molar-refractivity contribution is -0.945. The highest BCUT2D eigenvalue weighted by atomic mass is 16.1. The molecular formula is C23H29N2O+. The molecule has 3 nitrogen and oxygen atoms in total. The Bertz CT molecular complexity index is 741.